The molecule has 3 N–H and O–H groups in total. The van der Waals surface area contributed by atoms with Gasteiger partial charge in [-0.25, -0.2) is 14.8 Å². The van der Waals surface area contributed by atoms with Gasteiger partial charge in [-0.1, -0.05) is 0 Å². The van der Waals surface area contributed by atoms with Crippen molar-refractivity contribution in [1.29, 1.82) is 5.26 Å². The Hall–Kier alpha value is -3.34. The zero-order chi connectivity index (χ0) is 19.2. The number of carbonyl (C=O) groups excluding carboxylic acids is 1. The van der Waals surface area contributed by atoms with Crippen molar-refractivity contribution in [2.24, 2.45) is 5.41 Å². The van der Waals surface area contributed by atoms with Crippen molar-refractivity contribution < 1.29 is 4.79 Å². The standard InChI is InChI=1S/C19H21N7O/c1-18(2,9-20)10-23-17(27)25-19(3)6-12(7-19)26-11-24-14-8-22-16-13(15(14)26)4-5-21-16/h4-6,8,11H,7,10H2,1-3H3,(H,21,22)(H2,23,25,27). The van der Waals surface area contributed by atoms with Crippen LogP contribution in [-0.2, 0) is 0 Å². The number of pyridine rings is 1. The predicted octanol–water partition coefficient (Wildman–Crippen LogP) is 2.76. The highest BCUT2D eigenvalue weighted by molar-refractivity contribution is 6.02. The summed E-state index contributed by atoms with van der Waals surface area (Å²) < 4.78 is 2.05. The van der Waals surface area contributed by atoms with Gasteiger partial charge in [0.2, 0.25) is 0 Å². The predicted molar refractivity (Wildman–Crippen MR) is 103 cm³/mol. The normalized spacial score (nSPS) is 19.4. The summed E-state index contributed by atoms with van der Waals surface area (Å²) in [6.45, 7) is 5.85. The SMILES string of the molecule is CC(C)(C#N)CNC(=O)NC1(C)C=C(n2cnc3cnc4[nH]ccc4c32)C1. The highest BCUT2D eigenvalue weighted by Gasteiger charge is 2.35. The van der Waals surface area contributed by atoms with E-state index in [-0.39, 0.29) is 6.03 Å². The number of nitriles is 1. The van der Waals surface area contributed by atoms with E-state index >= 15 is 0 Å². The van der Waals surface area contributed by atoms with E-state index < -0.39 is 11.0 Å². The molecule has 3 aromatic heterocycles. The van der Waals surface area contributed by atoms with E-state index in [0.717, 1.165) is 27.8 Å². The molecule has 1 aliphatic carbocycles. The number of rotatable bonds is 4. The van der Waals surface area contributed by atoms with Gasteiger partial charge in [0.25, 0.3) is 0 Å². The van der Waals surface area contributed by atoms with E-state index in [2.05, 4.69) is 31.7 Å². The molecule has 1 atom stereocenters. The number of H-pyrrole nitrogens is 1. The molecule has 0 saturated heterocycles. The summed E-state index contributed by atoms with van der Waals surface area (Å²) in [5.41, 5.74) is 2.72. The quantitative estimate of drug-likeness (QED) is 0.662. The maximum Gasteiger partial charge on any atom is 0.315 e. The molecule has 3 heterocycles. The largest absolute Gasteiger partial charge is 0.346 e. The summed E-state index contributed by atoms with van der Waals surface area (Å²) in [5, 5.41) is 15.8. The summed E-state index contributed by atoms with van der Waals surface area (Å²) in [6.07, 6.45) is 8.12. The van der Waals surface area contributed by atoms with E-state index in [9.17, 15) is 4.79 Å². The lowest BCUT2D eigenvalue weighted by molar-refractivity contribution is 0.228. The number of amides is 2. The van der Waals surface area contributed by atoms with Crippen molar-refractivity contribution in [3.05, 3.63) is 30.9 Å². The molecule has 8 heteroatoms. The van der Waals surface area contributed by atoms with Crippen LogP contribution in [0.2, 0.25) is 0 Å². The van der Waals surface area contributed by atoms with Gasteiger partial charge in [0, 0.05) is 30.2 Å². The zero-order valence-electron chi connectivity index (χ0n) is 15.5. The van der Waals surface area contributed by atoms with Gasteiger partial charge in [-0.15, -0.1) is 0 Å². The topological polar surface area (TPSA) is 111 Å². The minimum atomic E-state index is -0.593. The first-order valence-electron chi connectivity index (χ1n) is 8.79. The third-order valence-corrected chi connectivity index (χ3v) is 4.83. The number of fused-ring (bicyclic) bond motifs is 3. The van der Waals surface area contributed by atoms with Gasteiger partial charge in [0.1, 0.15) is 17.5 Å². The van der Waals surface area contributed by atoms with E-state index in [1.54, 1.807) is 26.4 Å². The Morgan fingerprint density at radius 3 is 3.00 bits per heavy atom. The second-order valence-electron chi connectivity index (χ2n) is 7.88. The van der Waals surface area contributed by atoms with Crippen molar-refractivity contribution >= 4 is 33.8 Å². The van der Waals surface area contributed by atoms with E-state index in [4.69, 9.17) is 5.26 Å². The third-order valence-electron chi connectivity index (χ3n) is 4.83. The number of urea groups is 1. The molecule has 0 fully saturated rings. The average Bonchev–Trinajstić information content (AvgIpc) is 3.23. The summed E-state index contributed by atoms with van der Waals surface area (Å²) in [4.78, 5) is 24.1. The van der Waals surface area contributed by atoms with Gasteiger partial charge >= 0.3 is 6.03 Å². The number of imidazole rings is 1. The average molecular weight is 363 g/mol. The van der Waals surface area contributed by atoms with Gasteiger partial charge in [-0.05, 0) is 32.9 Å². The Bertz CT molecular complexity index is 1110. The maximum absolute atomic E-state index is 12.2. The minimum Gasteiger partial charge on any atom is -0.346 e. The number of aromatic nitrogens is 4. The Morgan fingerprint density at radius 2 is 2.26 bits per heavy atom. The van der Waals surface area contributed by atoms with E-state index in [1.807, 2.05) is 29.8 Å². The van der Waals surface area contributed by atoms with E-state index in [1.165, 1.54) is 0 Å². The molecule has 2 amide bonds. The highest BCUT2D eigenvalue weighted by atomic mass is 16.2. The van der Waals surface area contributed by atoms with Crippen molar-refractivity contribution in [2.45, 2.75) is 32.7 Å². The second-order valence-corrected chi connectivity index (χ2v) is 7.88. The number of hydrogen-bond acceptors (Lipinski definition) is 4. The van der Waals surface area contributed by atoms with E-state index in [0.29, 0.717) is 13.0 Å². The van der Waals surface area contributed by atoms with Crippen molar-refractivity contribution in [3.63, 3.8) is 0 Å². The van der Waals surface area contributed by atoms with Crippen LogP contribution in [0.4, 0.5) is 4.79 Å². The van der Waals surface area contributed by atoms with Gasteiger partial charge in [0.15, 0.2) is 0 Å². The van der Waals surface area contributed by atoms with Crippen LogP contribution in [0.3, 0.4) is 0 Å². The molecular weight excluding hydrogens is 342 g/mol. The van der Waals surface area contributed by atoms with Gasteiger partial charge in [0.05, 0.1) is 28.7 Å². The van der Waals surface area contributed by atoms with Crippen molar-refractivity contribution in [2.75, 3.05) is 6.54 Å². The molecule has 4 rings (SSSR count). The monoisotopic (exact) mass is 363 g/mol. The molecule has 8 nitrogen and oxygen atoms in total. The Labute approximate surface area is 156 Å². The lowest BCUT2D eigenvalue weighted by atomic mass is 9.84. The van der Waals surface area contributed by atoms with Gasteiger partial charge in [-0.3, -0.25) is 0 Å². The first-order valence-corrected chi connectivity index (χ1v) is 8.79. The second kappa shape index (κ2) is 5.84. The fourth-order valence-corrected chi connectivity index (χ4v) is 3.32. The molecule has 0 aromatic carbocycles. The third kappa shape index (κ3) is 3.01. The minimum absolute atomic E-state index is 0.274. The van der Waals surface area contributed by atoms with Crippen LogP contribution in [-0.4, -0.2) is 37.6 Å². The lowest BCUT2D eigenvalue weighted by Gasteiger charge is -2.37. The molecule has 1 aliphatic rings. The Morgan fingerprint density at radius 1 is 1.48 bits per heavy atom. The Kier molecular flexibility index (Phi) is 3.70. The molecule has 0 bridgehead atoms. The van der Waals surface area contributed by atoms with Crippen LogP contribution in [0.1, 0.15) is 27.2 Å². The lowest BCUT2D eigenvalue weighted by Crippen LogP contribution is -2.53. The summed E-state index contributed by atoms with van der Waals surface area (Å²) >= 11 is 0. The van der Waals surface area contributed by atoms with Crippen LogP contribution in [0.25, 0.3) is 27.8 Å². The van der Waals surface area contributed by atoms with Gasteiger partial charge in [-0.2, -0.15) is 5.26 Å². The van der Waals surface area contributed by atoms with Gasteiger partial charge < -0.3 is 20.2 Å². The zero-order valence-corrected chi connectivity index (χ0v) is 15.5. The molecule has 0 spiro atoms. The maximum atomic E-state index is 12.2. The molecule has 0 saturated carbocycles. The molecule has 1 unspecified atom stereocenters. The van der Waals surface area contributed by atoms with Crippen molar-refractivity contribution in [3.8, 4) is 6.07 Å². The van der Waals surface area contributed by atoms with Crippen molar-refractivity contribution in [1.82, 2.24) is 30.2 Å². The first-order chi connectivity index (χ1) is 12.8. The smallest absolute Gasteiger partial charge is 0.315 e. The number of carbonyl (C=O) groups is 1. The fraction of sp³-hybridized carbons (Fsp3) is 0.368. The number of nitrogens with one attached hydrogen (secondary N) is 3. The number of hydrogen-bond donors (Lipinski definition) is 3. The molecule has 0 radical (unpaired) electrons. The molecular formula is C19H21N7O. The van der Waals surface area contributed by atoms with Crippen LogP contribution in [0.5, 0.6) is 0 Å². The first kappa shape index (κ1) is 17.1. The molecule has 3 aromatic rings. The number of nitrogens with zero attached hydrogens (tertiary/aromatic N) is 4. The summed E-state index contributed by atoms with van der Waals surface area (Å²) in [7, 11) is 0. The Balaban J connectivity index is 1.52. The molecule has 27 heavy (non-hydrogen) atoms. The molecule has 0 aliphatic heterocycles. The summed E-state index contributed by atoms with van der Waals surface area (Å²) in [6, 6.07) is 3.89. The molecule has 138 valence electrons. The fourth-order valence-electron chi connectivity index (χ4n) is 3.32. The highest BCUT2D eigenvalue weighted by Crippen LogP contribution is 2.36. The van der Waals surface area contributed by atoms with Crippen LogP contribution >= 0.6 is 0 Å². The summed E-state index contributed by atoms with van der Waals surface area (Å²) in [5.74, 6) is 0. The van der Waals surface area contributed by atoms with Crippen LogP contribution < -0.4 is 10.6 Å². The van der Waals surface area contributed by atoms with Crippen LogP contribution in [0, 0.1) is 16.7 Å². The van der Waals surface area contributed by atoms with Crippen LogP contribution in [0.15, 0.2) is 30.9 Å². The number of aromatic amines is 1.